The Hall–Kier alpha value is -1.10. The second-order valence-corrected chi connectivity index (χ2v) is 2.80. The summed E-state index contributed by atoms with van der Waals surface area (Å²) in [6.07, 6.45) is -4.63. The van der Waals surface area contributed by atoms with Gasteiger partial charge in [0.2, 0.25) is 0 Å². The lowest BCUT2D eigenvalue weighted by Gasteiger charge is -2.18. The topological polar surface area (TPSA) is 20.2 Å². The molecule has 0 radical (unpaired) electrons. The van der Waals surface area contributed by atoms with Crippen molar-refractivity contribution in [3.8, 4) is 0 Å². The Labute approximate surface area is 78.0 Å². The highest BCUT2D eigenvalue weighted by molar-refractivity contribution is 5.23. The number of aliphatic hydroxyl groups excluding tert-OH is 1. The first kappa shape index (κ1) is 11.0. The minimum Gasteiger partial charge on any atom is -0.395 e. The van der Waals surface area contributed by atoms with E-state index in [1.54, 1.807) is 0 Å². The van der Waals surface area contributed by atoms with Crippen LogP contribution in [0.15, 0.2) is 24.3 Å². The molecule has 1 rings (SSSR count). The predicted octanol–water partition coefficient (Wildman–Crippen LogP) is 2.46. The van der Waals surface area contributed by atoms with Crippen molar-refractivity contribution < 1.29 is 22.7 Å². The van der Waals surface area contributed by atoms with Crippen LogP contribution in [0.2, 0.25) is 0 Å². The van der Waals surface area contributed by atoms with E-state index >= 15 is 0 Å². The largest absolute Gasteiger partial charge is 0.398 e. The number of rotatable bonds is 2. The van der Waals surface area contributed by atoms with Gasteiger partial charge in [0.15, 0.2) is 0 Å². The maximum Gasteiger partial charge on any atom is 0.398 e. The van der Waals surface area contributed by atoms with E-state index in [2.05, 4.69) is 0 Å². The Kier molecular flexibility index (Phi) is 3.10. The lowest BCUT2D eigenvalue weighted by molar-refractivity contribution is -0.158. The molecule has 78 valence electrons. The van der Waals surface area contributed by atoms with Crippen LogP contribution in [-0.4, -0.2) is 17.9 Å². The summed E-state index contributed by atoms with van der Waals surface area (Å²) < 4.78 is 49.7. The summed E-state index contributed by atoms with van der Waals surface area (Å²) in [4.78, 5) is 0. The van der Waals surface area contributed by atoms with E-state index in [-0.39, 0.29) is 0 Å². The fraction of sp³-hybridized carbons (Fsp3) is 0.333. The zero-order valence-corrected chi connectivity index (χ0v) is 7.05. The lowest BCUT2D eigenvalue weighted by Crippen LogP contribution is -2.24. The molecule has 1 nitrogen and oxygen atoms in total. The van der Waals surface area contributed by atoms with Gasteiger partial charge in [0, 0.05) is 5.56 Å². The molecular weight excluding hydrogens is 200 g/mol. The summed E-state index contributed by atoms with van der Waals surface area (Å²) in [6.45, 7) is -1.15. The molecule has 0 saturated heterocycles. The maximum atomic E-state index is 12.9. The van der Waals surface area contributed by atoms with Crippen molar-refractivity contribution in [2.24, 2.45) is 0 Å². The van der Waals surface area contributed by atoms with Crippen LogP contribution in [-0.2, 0) is 0 Å². The Morgan fingerprint density at radius 2 is 1.79 bits per heavy atom. The van der Waals surface area contributed by atoms with Gasteiger partial charge in [-0.2, -0.15) is 13.2 Å². The van der Waals surface area contributed by atoms with Crippen molar-refractivity contribution >= 4 is 0 Å². The number of benzene rings is 1. The summed E-state index contributed by atoms with van der Waals surface area (Å²) in [5.41, 5.74) is -0.525. The van der Waals surface area contributed by atoms with Gasteiger partial charge >= 0.3 is 6.18 Å². The van der Waals surface area contributed by atoms with Crippen molar-refractivity contribution in [3.05, 3.63) is 35.6 Å². The number of hydrogen-bond donors (Lipinski definition) is 1. The molecule has 1 aromatic rings. The molecule has 0 aromatic heterocycles. The standard InChI is InChI=1S/C9H8F4O/c10-8-4-2-1-3-6(8)7(5-14)9(11,12)13/h1-4,7,14H,5H2. The van der Waals surface area contributed by atoms with Gasteiger partial charge in [-0.25, -0.2) is 4.39 Å². The molecule has 0 aliphatic carbocycles. The van der Waals surface area contributed by atoms with Gasteiger partial charge in [0.05, 0.1) is 6.61 Å². The molecule has 0 fully saturated rings. The lowest BCUT2D eigenvalue weighted by atomic mass is 9.99. The normalized spacial score (nSPS) is 14.1. The van der Waals surface area contributed by atoms with E-state index < -0.39 is 30.1 Å². The third-order valence-corrected chi connectivity index (χ3v) is 1.86. The molecule has 1 unspecified atom stereocenters. The Balaban J connectivity index is 3.08. The second-order valence-electron chi connectivity index (χ2n) is 2.80. The van der Waals surface area contributed by atoms with E-state index in [4.69, 9.17) is 5.11 Å². The van der Waals surface area contributed by atoms with Gasteiger partial charge in [-0.3, -0.25) is 0 Å². The summed E-state index contributed by atoms with van der Waals surface area (Å²) in [6, 6.07) is 4.55. The predicted molar refractivity (Wildman–Crippen MR) is 42.3 cm³/mol. The fourth-order valence-electron chi connectivity index (χ4n) is 1.14. The Bertz CT molecular complexity index is 308. The first-order valence-electron chi connectivity index (χ1n) is 3.89. The van der Waals surface area contributed by atoms with Gasteiger partial charge in [0.25, 0.3) is 0 Å². The third-order valence-electron chi connectivity index (χ3n) is 1.86. The average Bonchev–Trinajstić information content (AvgIpc) is 2.07. The highest BCUT2D eigenvalue weighted by atomic mass is 19.4. The number of aliphatic hydroxyl groups is 1. The second kappa shape index (κ2) is 3.96. The van der Waals surface area contributed by atoms with Gasteiger partial charge in [-0.15, -0.1) is 0 Å². The van der Waals surface area contributed by atoms with Gasteiger partial charge < -0.3 is 5.11 Å². The smallest absolute Gasteiger partial charge is 0.395 e. The summed E-state index contributed by atoms with van der Waals surface area (Å²) in [5.74, 6) is -3.10. The van der Waals surface area contributed by atoms with Gasteiger partial charge in [-0.05, 0) is 6.07 Å². The van der Waals surface area contributed by atoms with E-state index in [1.165, 1.54) is 12.1 Å². The summed E-state index contributed by atoms with van der Waals surface area (Å²) in [7, 11) is 0. The van der Waals surface area contributed by atoms with Crippen molar-refractivity contribution in [3.63, 3.8) is 0 Å². The van der Waals surface area contributed by atoms with E-state index in [0.717, 1.165) is 12.1 Å². The number of halogens is 4. The average molecular weight is 208 g/mol. The van der Waals surface area contributed by atoms with Crippen LogP contribution < -0.4 is 0 Å². The van der Waals surface area contributed by atoms with Crippen LogP contribution in [0.1, 0.15) is 11.5 Å². The van der Waals surface area contributed by atoms with Crippen LogP contribution in [0.3, 0.4) is 0 Å². The highest BCUT2D eigenvalue weighted by Crippen LogP contribution is 2.35. The van der Waals surface area contributed by atoms with Crippen molar-refractivity contribution in [1.29, 1.82) is 0 Å². The Morgan fingerprint density at radius 1 is 1.21 bits per heavy atom. The van der Waals surface area contributed by atoms with Crippen LogP contribution in [0, 0.1) is 5.82 Å². The fourth-order valence-corrected chi connectivity index (χ4v) is 1.14. The first-order valence-corrected chi connectivity index (χ1v) is 3.89. The molecule has 0 aliphatic heterocycles. The zero-order chi connectivity index (χ0) is 10.8. The first-order chi connectivity index (χ1) is 6.46. The molecule has 5 heteroatoms. The van der Waals surface area contributed by atoms with Crippen LogP contribution in [0.25, 0.3) is 0 Å². The number of alkyl halides is 3. The molecule has 0 saturated carbocycles. The summed E-state index contributed by atoms with van der Waals surface area (Å²) >= 11 is 0. The van der Waals surface area contributed by atoms with Gasteiger partial charge in [-0.1, -0.05) is 18.2 Å². The summed E-state index contributed by atoms with van der Waals surface area (Å²) in [5, 5.41) is 8.55. The molecule has 0 heterocycles. The van der Waals surface area contributed by atoms with E-state index in [1.807, 2.05) is 0 Å². The van der Waals surface area contributed by atoms with Gasteiger partial charge in [0.1, 0.15) is 11.7 Å². The highest BCUT2D eigenvalue weighted by Gasteiger charge is 2.41. The van der Waals surface area contributed by atoms with E-state index in [0.29, 0.717) is 0 Å². The molecule has 1 aromatic carbocycles. The Morgan fingerprint density at radius 3 is 2.21 bits per heavy atom. The van der Waals surface area contributed by atoms with E-state index in [9.17, 15) is 17.6 Å². The molecule has 1 atom stereocenters. The molecule has 14 heavy (non-hydrogen) atoms. The maximum absolute atomic E-state index is 12.9. The molecule has 0 amide bonds. The van der Waals surface area contributed by atoms with Crippen molar-refractivity contribution in [1.82, 2.24) is 0 Å². The minimum atomic E-state index is -4.63. The van der Waals surface area contributed by atoms with Crippen LogP contribution >= 0.6 is 0 Å². The van der Waals surface area contributed by atoms with Crippen molar-refractivity contribution in [2.45, 2.75) is 12.1 Å². The van der Waals surface area contributed by atoms with Crippen molar-refractivity contribution in [2.75, 3.05) is 6.61 Å². The third kappa shape index (κ3) is 2.23. The minimum absolute atomic E-state index is 0.525. The zero-order valence-electron chi connectivity index (χ0n) is 7.05. The van der Waals surface area contributed by atoms with Crippen LogP contribution in [0.4, 0.5) is 17.6 Å². The molecule has 0 bridgehead atoms. The quantitative estimate of drug-likeness (QED) is 0.740. The number of hydrogen-bond acceptors (Lipinski definition) is 1. The molecule has 0 aliphatic rings. The molecule has 0 spiro atoms. The molecular formula is C9H8F4O. The SMILES string of the molecule is OCC(c1ccccc1F)C(F)(F)F. The monoisotopic (exact) mass is 208 g/mol. The van der Waals surface area contributed by atoms with Crippen LogP contribution in [0.5, 0.6) is 0 Å². The molecule has 1 N–H and O–H groups in total.